The molecular weight excluding hydrogens is 326 g/mol. The van der Waals surface area contributed by atoms with Crippen molar-refractivity contribution in [3.63, 3.8) is 0 Å². The zero-order valence-corrected chi connectivity index (χ0v) is 15.0. The molecule has 0 saturated carbocycles. The van der Waals surface area contributed by atoms with Gasteiger partial charge in [0, 0.05) is 42.4 Å². The van der Waals surface area contributed by atoms with Gasteiger partial charge in [0.05, 0.1) is 0 Å². The first kappa shape index (κ1) is 16.4. The number of hydrogen-bond donors (Lipinski definition) is 1. The smallest absolute Gasteiger partial charge is 0.266 e. The molecule has 2 aromatic rings. The van der Waals surface area contributed by atoms with Gasteiger partial charge in [0.25, 0.3) is 5.91 Å². The van der Waals surface area contributed by atoms with Gasteiger partial charge in [0.1, 0.15) is 4.88 Å². The number of hydrogen-bond acceptors (Lipinski definition) is 5. The number of nitrogens with zero attached hydrogens (tertiary/aromatic N) is 2. The van der Waals surface area contributed by atoms with Gasteiger partial charge in [-0.1, -0.05) is 0 Å². The van der Waals surface area contributed by atoms with E-state index in [4.69, 9.17) is 0 Å². The third kappa shape index (κ3) is 3.88. The summed E-state index contributed by atoms with van der Waals surface area (Å²) in [5.41, 5.74) is 2.06. The molecule has 0 atom stereocenters. The Labute approximate surface area is 145 Å². The van der Waals surface area contributed by atoms with E-state index < -0.39 is 0 Å². The van der Waals surface area contributed by atoms with Gasteiger partial charge in [-0.25, -0.2) is 0 Å². The molecule has 23 heavy (non-hydrogen) atoms. The molecule has 1 aromatic carbocycles. The van der Waals surface area contributed by atoms with E-state index >= 15 is 0 Å². The molecule has 0 bridgehead atoms. The number of amides is 1. The van der Waals surface area contributed by atoms with Crippen LogP contribution in [-0.4, -0.2) is 50.3 Å². The Hall–Kier alpha value is -1.50. The van der Waals surface area contributed by atoms with Crippen LogP contribution in [0.4, 0.5) is 11.4 Å². The van der Waals surface area contributed by atoms with E-state index in [9.17, 15) is 4.79 Å². The summed E-state index contributed by atoms with van der Waals surface area (Å²) in [7, 11) is 2.16. The van der Waals surface area contributed by atoms with Crippen LogP contribution in [0.3, 0.4) is 0 Å². The van der Waals surface area contributed by atoms with Gasteiger partial charge >= 0.3 is 0 Å². The fraction of sp³-hybridized carbons (Fsp3) is 0.353. The predicted octanol–water partition coefficient (Wildman–Crippen LogP) is 3.47. The highest BCUT2D eigenvalue weighted by atomic mass is 32.2. The number of nitrogens with one attached hydrogen (secondary N) is 1. The zero-order chi connectivity index (χ0) is 16.2. The number of thiophene rings is 1. The third-order valence-corrected chi connectivity index (χ3v) is 5.87. The Morgan fingerprint density at radius 1 is 1.13 bits per heavy atom. The highest BCUT2D eigenvalue weighted by Gasteiger charge is 2.15. The van der Waals surface area contributed by atoms with Crippen LogP contribution in [0.1, 0.15) is 9.67 Å². The molecule has 0 spiro atoms. The molecule has 1 fully saturated rings. The van der Waals surface area contributed by atoms with Crippen molar-refractivity contribution in [2.45, 2.75) is 4.90 Å². The van der Waals surface area contributed by atoms with Crippen molar-refractivity contribution in [3.8, 4) is 0 Å². The zero-order valence-electron chi connectivity index (χ0n) is 13.4. The maximum atomic E-state index is 12.3. The van der Waals surface area contributed by atoms with Crippen LogP contribution in [-0.2, 0) is 0 Å². The molecule has 0 aliphatic carbocycles. The molecule has 1 amide bonds. The lowest BCUT2D eigenvalue weighted by Crippen LogP contribution is -2.44. The number of likely N-dealkylation sites (N-methyl/N-ethyl adjacent to an activating group) is 1. The first-order valence-corrected chi connectivity index (χ1v) is 9.74. The lowest BCUT2D eigenvalue weighted by atomic mass is 10.2. The Morgan fingerprint density at radius 2 is 1.83 bits per heavy atom. The minimum absolute atomic E-state index is 0.0308. The van der Waals surface area contributed by atoms with Crippen LogP contribution in [0, 0.1) is 0 Å². The molecular formula is C17H21N3OS2. The summed E-state index contributed by atoms with van der Waals surface area (Å²) in [5, 5.41) is 4.94. The van der Waals surface area contributed by atoms with E-state index in [1.165, 1.54) is 17.0 Å². The normalized spacial score (nSPS) is 15.7. The Balaban J connectivity index is 1.64. The minimum Gasteiger partial charge on any atom is -0.369 e. The van der Waals surface area contributed by atoms with E-state index in [-0.39, 0.29) is 5.91 Å². The van der Waals surface area contributed by atoms with Crippen molar-refractivity contribution >= 4 is 40.4 Å². The Kier molecular flexibility index (Phi) is 5.25. The first-order chi connectivity index (χ1) is 11.2. The summed E-state index contributed by atoms with van der Waals surface area (Å²) in [6.45, 7) is 4.28. The van der Waals surface area contributed by atoms with E-state index in [1.54, 1.807) is 11.8 Å². The van der Waals surface area contributed by atoms with Crippen molar-refractivity contribution in [1.29, 1.82) is 0 Å². The molecule has 122 valence electrons. The fourth-order valence-corrected chi connectivity index (χ4v) is 4.28. The molecule has 3 rings (SSSR count). The van der Waals surface area contributed by atoms with Crippen LogP contribution in [0.2, 0.25) is 0 Å². The van der Waals surface area contributed by atoms with Crippen LogP contribution in [0.15, 0.2) is 40.6 Å². The van der Waals surface area contributed by atoms with Crippen molar-refractivity contribution in [2.24, 2.45) is 0 Å². The number of anilines is 2. The monoisotopic (exact) mass is 347 g/mol. The first-order valence-electron chi connectivity index (χ1n) is 7.64. The second-order valence-electron chi connectivity index (χ2n) is 5.61. The maximum Gasteiger partial charge on any atom is 0.266 e. The van der Waals surface area contributed by atoms with Crippen molar-refractivity contribution in [1.82, 2.24) is 4.90 Å². The predicted molar refractivity (Wildman–Crippen MR) is 100 cm³/mol. The van der Waals surface area contributed by atoms with Crippen molar-refractivity contribution in [3.05, 3.63) is 40.6 Å². The SMILES string of the molecule is CSc1ccsc1C(=O)Nc1ccc(N2CCN(C)CC2)cc1. The van der Waals surface area contributed by atoms with Crippen LogP contribution >= 0.6 is 23.1 Å². The number of thioether (sulfide) groups is 1. The summed E-state index contributed by atoms with van der Waals surface area (Å²) >= 11 is 3.08. The molecule has 1 aliphatic rings. The van der Waals surface area contributed by atoms with Crippen molar-refractivity contribution < 1.29 is 4.79 Å². The molecule has 0 unspecified atom stereocenters. The van der Waals surface area contributed by atoms with Gasteiger partial charge in [0.2, 0.25) is 0 Å². The molecule has 0 radical (unpaired) electrons. The molecule has 1 aromatic heterocycles. The highest BCUT2D eigenvalue weighted by Crippen LogP contribution is 2.27. The number of rotatable bonds is 4. The Morgan fingerprint density at radius 3 is 2.48 bits per heavy atom. The molecule has 1 saturated heterocycles. The lowest BCUT2D eigenvalue weighted by Gasteiger charge is -2.34. The maximum absolute atomic E-state index is 12.3. The standard InChI is InChI=1S/C17H21N3OS2/c1-19-8-10-20(11-9-19)14-5-3-13(4-6-14)18-17(21)16-15(22-2)7-12-23-16/h3-7,12H,8-11H2,1-2H3,(H,18,21). The van der Waals surface area contributed by atoms with E-state index in [0.717, 1.165) is 41.6 Å². The van der Waals surface area contributed by atoms with Gasteiger partial charge in [-0.2, -0.15) is 0 Å². The van der Waals surface area contributed by atoms with Crippen LogP contribution in [0.25, 0.3) is 0 Å². The van der Waals surface area contributed by atoms with E-state index in [0.29, 0.717) is 0 Å². The van der Waals surface area contributed by atoms with E-state index in [2.05, 4.69) is 34.3 Å². The number of carbonyl (C=O) groups excluding carboxylic acids is 1. The third-order valence-electron chi connectivity index (χ3n) is 4.05. The summed E-state index contributed by atoms with van der Waals surface area (Å²) in [5.74, 6) is -0.0308. The molecule has 6 heteroatoms. The summed E-state index contributed by atoms with van der Waals surface area (Å²) in [6.07, 6.45) is 1.99. The van der Waals surface area contributed by atoms with Gasteiger partial charge in [-0.05, 0) is 49.0 Å². The van der Waals surface area contributed by atoms with Gasteiger partial charge in [-0.15, -0.1) is 23.1 Å². The fourth-order valence-electron chi connectivity index (χ4n) is 2.63. The van der Waals surface area contributed by atoms with Gasteiger partial charge in [-0.3, -0.25) is 4.79 Å². The highest BCUT2D eigenvalue weighted by molar-refractivity contribution is 7.98. The van der Waals surface area contributed by atoms with E-state index in [1.807, 2.05) is 29.8 Å². The largest absolute Gasteiger partial charge is 0.369 e. The van der Waals surface area contributed by atoms with Gasteiger partial charge < -0.3 is 15.1 Å². The lowest BCUT2D eigenvalue weighted by molar-refractivity contribution is 0.102. The second kappa shape index (κ2) is 7.38. The quantitative estimate of drug-likeness (QED) is 0.859. The second-order valence-corrected chi connectivity index (χ2v) is 7.37. The molecule has 1 N–H and O–H groups in total. The average molecular weight is 348 g/mol. The summed E-state index contributed by atoms with van der Waals surface area (Å²) < 4.78 is 0. The minimum atomic E-state index is -0.0308. The molecule has 4 nitrogen and oxygen atoms in total. The van der Waals surface area contributed by atoms with Crippen LogP contribution < -0.4 is 10.2 Å². The topological polar surface area (TPSA) is 35.6 Å². The summed E-state index contributed by atoms with van der Waals surface area (Å²) in [4.78, 5) is 18.9. The number of benzene rings is 1. The molecule has 2 heterocycles. The van der Waals surface area contributed by atoms with Crippen LogP contribution in [0.5, 0.6) is 0 Å². The average Bonchev–Trinajstić information content (AvgIpc) is 3.05. The molecule has 1 aliphatic heterocycles. The Bertz CT molecular complexity index is 661. The van der Waals surface area contributed by atoms with Crippen molar-refractivity contribution in [2.75, 3.05) is 49.7 Å². The number of piperazine rings is 1. The summed E-state index contributed by atoms with van der Waals surface area (Å²) in [6, 6.07) is 10.1. The van der Waals surface area contributed by atoms with Gasteiger partial charge in [0.15, 0.2) is 0 Å². The number of carbonyl (C=O) groups is 1.